The van der Waals surface area contributed by atoms with Crippen LogP contribution in [0, 0.1) is 43.6 Å². The van der Waals surface area contributed by atoms with Gasteiger partial charge in [-0.2, -0.15) is 44.2 Å². The first-order valence-corrected chi connectivity index (χ1v) is 9.79. The van der Waals surface area contributed by atoms with Crippen molar-refractivity contribution in [3.8, 4) is 0 Å². The molecule has 0 radical (unpaired) electrons. The zero-order valence-corrected chi connectivity index (χ0v) is 21.6. The Hall–Kier alpha value is -0.558. The Morgan fingerprint density at radius 3 is 2.52 bits per heavy atom. The van der Waals surface area contributed by atoms with Gasteiger partial charge in [0.1, 0.15) is 11.4 Å². The van der Waals surface area contributed by atoms with Gasteiger partial charge in [-0.15, -0.1) is 5.56 Å². The second-order valence-electron chi connectivity index (χ2n) is 6.96. The van der Waals surface area contributed by atoms with E-state index >= 15 is 0 Å². The van der Waals surface area contributed by atoms with E-state index in [9.17, 15) is 0 Å². The Morgan fingerprint density at radius 2 is 1.89 bits per heavy atom. The summed E-state index contributed by atoms with van der Waals surface area (Å²) in [6.45, 7) is 8.38. The third-order valence-electron chi connectivity index (χ3n) is 5.12. The summed E-state index contributed by atoms with van der Waals surface area (Å²) in [4.78, 5) is 3.95. The predicted octanol–water partition coefficient (Wildman–Crippen LogP) is 4.71. The number of rotatable bonds is 2. The molecule has 0 bridgehead atoms. The van der Waals surface area contributed by atoms with Crippen molar-refractivity contribution in [3.05, 3.63) is 76.8 Å². The van der Waals surface area contributed by atoms with Gasteiger partial charge < -0.3 is 6.42 Å². The topological polar surface area (TPSA) is 7.68 Å². The van der Waals surface area contributed by atoms with Gasteiger partial charge >= 0.3 is 31.1 Å². The van der Waals surface area contributed by atoms with Crippen LogP contribution in [0.25, 0.3) is 5.57 Å². The van der Waals surface area contributed by atoms with E-state index in [0.717, 1.165) is 24.5 Å². The van der Waals surface area contributed by atoms with Crippen molar-refractivity contribution >= 4 is 22.9 Å². The van der Waals surface area contributed by atoms with Gasteiger partial charge in [-0.05, 0) is 32.5 Å². The average molecular weight is 606 g/mol. The number of hydrogen-bond donors (Lipinski definition) is 1. The quantitative estimate of drug-likeness (QED) is 0.488. The van der Waals surface area contributed by atoms with Crippen molar-refractivity contribution in [1.29, 1.82) is 0 Å². The number of quaternary nitrogens is 1. The molecule has 0 fully saturated rings. The minimum absolute atomic E-state index is 0. The Labute approximate surface area is 193 Å². The van der Waals surface area contributed by atoms with Crippen molar-refractivity contribution in [2.45, 2.75) is 33.2 Å². The van der Waals surface area contributed by atoms with Crippen LogP contribution in [0.1, 0.15) is 44.4 Å². The number of fused-ring (bicyclic) bond motifs is 2. The van der Waals surface area contributed by atoms with Crippen molar-refractivity contribution in [1.82, 2.24) is 4.90 Å². The molecule has 2 heterocycles. The predicted molar refractivity (Wildman–Crippen MR) is 110 cm³/mol. The molecule has 0 aromatic heterocycles. The molecule has 2 atom stereocenters. The van der Waals surface area contributed by atoms with Gasteiger partial charge in [0.15, 0.2) is 0 Å². The van der Waals surface area contributed by atoms with E-state index in [1.807, 2.05) is 38.5 Å². The van der Waals surface area contributed by atoms with Crippen LogP contribution in [0.3, 0.4) is 0 Å². The molecule has 2 aromatic rings. The average Bonchev–Trinajstić information content (AvgIpc) is 2.95. The molecule has 0 amide bonds. The van der Waals surface area contributed by atoms with E-state index in [1.165, 1.54) is 33.0 Å². The first-order chi connectivity index (χ1) is 12.6. The standard InChI is InChI=1S/C20H20ClN2.C3H7.U/c1-3-23-18-10-9-15(21)13-17(18)16-11-12-22(2)19(20(16)23)14-7-5-4-6-8-14;1-3-2;/h5-10,13,19H,3,11-12H2,1-2H3;3H,1-2H3;/q2*-1;+2/p+1. The van der Waals surface area contributed by atoms with Crippen LogP contribution in [-0.2, 0) is 0 Å². The third-order valence-corrected chi connectivity index (χ3v) is 5.36. The fourth-order valence-corrected chi connectivity index (χ4v) is 4.29. The van der Waals surface area contributed by atoms with Crippen LogP contribution in [0.15, 0.2) is 48.2 Å². The van der Waals surface area contributed by atoms with E-state index in [-0.39, 0.29) is 31.1 Å². The fourth-order valence-electron chi connectivity index (χ4n) is 4.12. The van der Waals surface area contributed by atoms with Gasteiger partial charge in [0.2, 0.25) is 0 Å². The summed E-state index contributed by atoms with van der Waals surface area (Å²) in [7, 11) is 2.23. The fraction of sp³-hybridized carbons (Fsp3) is 0.348. The molecule has 2 aliphatic heterocycles. The molecule has 0 saturated carbocycles. The minimum atomic E-state index is 0. The number of halogens is 1. The largest absolute Gasteiger partial charge is 2.00 e. The molecule has 4 heteroatoms. The van der Waals surface area contributed by atoms with Gasteiger partial charge in [0.25, 0.3) is 0 Å². The Kier molecular flexibility index (Phi) is 8.66. The van der Waals surface area contributed by atoms with Gasteiger partial charge in [-0.25, -0.2) is 0 Å². The van der Waals surface area contributed by atoms with Crippen molar-refractivity contribution in [2.24, 2.45) is 0 Å². The second kappa shape index (κ2) is 10.3. The normalized spacial score (nSPS) is 20.9. The molecular weight excluding hydrogens is 578 g/mol. The van der Waals surface area contributed by atoms with Crippen LogP contribution in [0.4, 0.5) is 5.69 Å². The van der Waals surface area contributed by atoms with E-state index in [4.69, 9.17) is 11.6 Å². The number of likely N-dealkylation sites (N-methyl/N-ethyl adjacent to an activating group) is 2. The maximum atomic E-state index is 6.28. The Bertz CT molecular complexity index is 788. The SMILES string of the molecule is CC[NH+]1C2=C(CCN(C)C2c2cc[c-]cc2)c2cc(Cl)ccc21.C[CH-]C.[U+2]. The molecule has 2 unspecified atom stereocenters. The van der Waals surface area contributed by atoms with Crippen LogP contribution in [-0.4, -0.2) is 25.0 Å². The van der Waals surface area contributed by atoms with E-state index in [0.29, 0.717) is 6.04 Å². The first kappa shape index (κ1) is 22.7. The molecule has 0 spiro atoms. The number of nitrogens with one attached hydrogen (secondary N) is 1. The monoisotopic (exact) mass is 605 g/mol. The molecule has 1 N–H and O–H groups in total. The van der Waals surface area contributed by atoms with Crippen LogP contribution >= 0.6 is 11.6 Å². The number of nitrogens with zero attached hydrogens (tertiary/aromatic N) is 1. The molecule has 2 nitrogen and oxygen atoms in total. The second-order valence-corrected chi connectivity index (χ2v) is 7.39. The van der Waals surface area contributed by atoms with Gasteiger partial charge in [-0.1, -0.05) is 11.6 Å². The minimum Gasteiger partial charge on any atom is -0.335 e. The van der Waals surface area contributed by atoms with E-state index in [2.05, 4.69) is 49.2 Å². The molecule has 27 heavy (non-hydrogen) atoms. The summed E-state index contributed by atoms with van der Waals surface area (Å²) in [5.41, 5.74) is 7.08. The maximum absolute atomic E-state index is 6.28. The van der Waals surface area contributed by atoms with Crippen LogP contribution in [0.5, 0.6) is 0 Å². The van der Waals surface area contributed by atoms with Crippen LogP contribution in [0.2, 0.25) is 5.02 Å². The first-order valence-electron chi connectivity index (χ1n) is 9.42. The maximum Gasteiger partial charge on any atom is 2.00 e. The van der Waals surface area contributed by atoms with Gasteiger partial charge in [0, 0.05) is 28.8 Å². The molecule has 2 aromatic carbocycles. The molecule has 0 aliphatic carbocycles. The van der Waals surface area contributed by atoms with E-state index < -0.39 is 0 Å². The zero-order chi connectivity index (χ0) is 18.7. The number of benzene rings is 2. The molecule has 4 rings (SSSR count). The van der Waals surface area contributed by atoms with E-state index in [1.54, 1.807) is 0 Å². The van der Waals surface area contributed by atoms with Gasteiger partial charge in [-0.3, -0.25) is 9.80 Å². The molecule has 140 valence electrons. The smallest absolute Gasteiger partial charge is 0.335 e. The zero-order valence-electron chi connectivity index (χ0n) is 16.6. The molecular formula is C23H28ClN2U+. The molecule has 0 saturated heterocycles. The summed E-state index contributed by atoms with van der Waals surface area (Å²) in [6.07, 6.45) is 3.10. The number of hydrogen-bond acceptors (Lipinski definition) is 1. The third kappa shape index (κ3) is 4.55. The summed E-state index contributed by atoms with van der Waals surface area (Å²) in [6, 6.07) is 18.3. The Balaban J connectivity index is 0.000000614. The van der Waals surface area contributed by atoms with Gasteiger partial charge in [0.05, 0.1) is 12.6 Å². The molecule has 2 aliphatic rings. The Morgan fingerprint density at radius 1 is 1.22 bits per heavy atom. The van der Waals surface area contributed by atoms with Crippen molar-refractivity contribution < 1.29 is 36.0 Å². The van der Waals surface area contributed by atoms with Crippen molar-refractivity contribution in [3.63, 3.8) is 0 Å². The van der Waals surface area contributed by atoms with Crippen molar-refractivity contribution in [2.75, 3.05) is 20.1 Å². The summed E-state index contributed by atoms with van der Waals surface area (Å²) < 4.78 is 0. The summed E-state index contributed by atoms with van der Waals surface area (Å²) >= 11 is 6.28. The summed E-state index contributed by atoms with van der Waals surface area (Å²) in [5.74, 6) is 0. The van der Waals surface area contributed by atoms with Crippen LogP contribution < -0.4 is 4.90 Å². The summed E-state index contributed by atoms with van der Waals surface area (Å²) in [5, 5.41) is 0.831.